The third-order valence-corrected chi connectivity index (χ3v) is 27.7. The van der Waals surface area contributed by atoms with E-state index < -0.39 is 176 Å². The van der Waals surface area contributed by atoms with Gasteiger partial charge in [0.2, 0.25) is 23.6 Å². The van der Waals surface area contributed by atoms with Gasteiger partial charge in [0.15, 0.2) is 46.0 Å². The SMILES string of the molecule is CN(C(=O)[C@H](Cc1cc(F)cc(F)c1)NC(=O)NS(=O)(=O)c1ccccc1F)c1ccc2c(c1)OC(C)(F)O2.CN(C(=O)[C@H](Cc1ccccc1)NC(=O)NS(=O)(=O)c1ccccc1)c1ccc2c(c1)OC(C)(F)O2.CN(C(=O)[C@H](Cc1ccccc1)NC(=O)NS(=O)(=O)c1ccccc1F)c1ccc2c(c1)OC(C)(F)O2.Cc1ccccc1S(=O)(=O)NC(=O)N[C@@H](Cc1ccccc1)C(=O)N(C)c1ccc2c(c1)OC(C)(F)O2. The van der Waals surface area contributed by atoms with E-state index in [0.29, 0.717) is 34.3 Å². The van der Waals surface area contributed by atoms with Crippen molar-refractivity contribution in [3.63, 3.8) is 0 Å². The van der Waals surface area contributed by atoms with Gasteiger partial charge in [0.25, 0.3) is 40.1 Å². The molecule has 12 amide bonds. The first-order chi connectivity index (χ1) is 70.2. The van der Waals surface area contributed by atoms with Gasteiger partial charge in [-0.05, 0) is 138 Å². The van der Waals surface area contributed by atoms with Crippen LogP contribution in [-0.2, 0) is 85.0 Å². The van der Waals surface area contributed by atoms with Crippen molar-refractivity contribution in [3.05, 3.63) is 336 Å². The van der Waals surface area contributed by atoms with Crippen molar-refractivity contribution in [2.24, 2.45) is 0 Å². The smallest absolute Gasteiger partial charge is 0.404 e. The topological polar surface area (TPSA) is 456 Å². The predicted molar refractivity (Wildman–Crippen MR) is 524 cm³/mol. The summed E-state index contributed by atoms with van der Waals surface area (Å²) in [6.45, 7) is 5.97. The minimum absolute atomic E-state index is 0.0115. The van der Waals surface area contributed by atoms with Crippen LogP contribution in [0.25, 0.3) is 0 Å². The number of nitrogens with zero attached hydrogens (tertiary/aromatic N) is 4. The van der Waals surface area contributed by atoms with Gasteiger partial charge in [-0.2, -0.15) is 17.6 Å². The molecule has 0 aliphatic carbocycles. The fraction of sp³-hybridized carbons (Fsp3) is 0.208. The van der Waals surface area contributed by atoms with Crippen molar-refractivity contribution >= 4 is 111 Å². The van der Waals surface area contributed by atoms with Gasteiger partial charge in [-0.1, -0.05) is 152 Å². The molecular formula is C101H94F8N12O24S4. The standard InChI is InChI=1S/C26H26FN3O6S.C25H21F4N3O6S.C25H23F2N3O6S.C25H24FN3O6S/c1-17-9-7-8-12-23(17)37(33,34)29-25(32)28-20(15-18-10-5-4-6-11-18)24(31)30(3)19-13-14-21-22(16-19)36-26(2,27)35-21;1-25(29)37-20-8-7-17(13-21(20)38-25)32(2)23(33)19(11-14-9-15(26)12-16(27)10-14)30-24(34)31-39(35,36)22-6-4-3-5-18(22)28;1-25(27)35-20-13-12-17(15-21(20)36-25)30(2)23(31)19(14-16-8-4-3-5-9-16)28-24(32)29-37(33,34)22-11-7-6-10-18(22)26;1-25(26)34-21-14-13-18(16-22(21)35-25)29(2)23(30)20(15-17-9-5-3-6-10-17)27-24(31)28-36(32,33)19-11-7-4-8-12-19/h4-14,16,20H,15H2,1-3H3,(H2,28,29,32);3-10,12-13,19H,11H2,1-2H3,(H2,30,31,34);3-13,15,19H,14H2,1-2H3,(H2,28,29,32);3-14,16,20H,15H2,1-2H3,(H2,27,28,31)/t20-,26?;2*19-,25?;20-,25?/m0000/s1. The van der Waals surface area contributed by atoms with Crippen LogP contribution in [0.2, 0.25) is 0 Å². The maximum absolute atomic E-state index is 14.1. The van der Waals surface area contributed by atoms with Crippen molar-refractivity contribution in [1.29, 1.82) is 0 Å². The molecule has 8 N–H and O–H groups in total. The molecule has 4 aliphatic rings. The van der Waals surface area contributed by atoms with Gasteiger partial charge in [-0.25, -0.2) is 89.3 Å². The van der Waals surface area contributed by atoms with Crippen LogP contribution in [-0.4, -0.2) is 158 Å². The molecule has 0 bridgehead atoms. The summed E-state index contributed by atoms with van der Waals surface area (Å²) in [6, 6.07) is 49.7. The van der Waals surface area contributed by atoms with Crippen LogP contribution in [0.1, 0.15) is 55.5 Å². The van der Waals surface area contributed by atoms with Crippen LogP contribution < -0.4 is 97.7 Å². The lowest BCUT2D eigenvalue weighted by molar-refractivity contribution is -0.174. The normalized spacial score (nSPS) is 17.1. The Morgan fingerprint density at radius 3 is 0.779 bits per heavy atom. The summed E-state index contributed by atoms with van der Waals surface area (Å²) in [5.41, 5.74) is 3.80. The molecule has 36 nitrogen and oxygen atoms in total. The molecule has 4 aliphatic heterocycles. The number of sulfonamides is 4. The lowest BCUT2D eigenvalue weighted by Crippen LogP contribution is -2.52. The largest absolute Gasteiger partial charge is 0.423 e. The minimum atomic E-state index is -4.69. The number of hydrogen-bond acceptors (Lipinski definition) is 24. The van der Waals surface area contributed by atoms with Crippen molar-refractivity contribution in [1.82, 2.24) is 40.2 Å². The molecule has 782 valence electrons. The van der Waals surface area contributed by atoms with E-state index in [0.717, 1.165) is 80.1 Å². The van der Waals surface area contributed by atoms with Gasteiger partial charge in [-0.15, -0.1) is 0 Å². The number of ether oxygens (including phenoxy) is 8. The number of hydrogen-bond donors (Lipinski definition) is 8. The van der Waals surface area contributed by atoms with E-state index in [4.69, 9.17) is 37.9 Å². The summed E-state index contributed by atoms with van der Waals surface area (Å²) in [5.74, 6) is -5.63. The van der Waals surface area contributed by atoms with Gasteiger partial charge in [-0.3, -0.25) is 19.2 Å². The Hall–Kier alpha value is -16.8. The van der Waals surface area contributed by atoms with Gasteiger partial charge in [0.05, 0.1) is 9.79 Å². The molecule has 4 unspecified atom stereocenters. The van der Waals surface area contributed by atoms with E-state index in [9.17, 15) is 107 Å². The summed E-state index contributed by atoms with van der Waals surface area (Å²) in [4.78, 5) is 108. The quantitative estimate of drug-likeness (QED) is 0.0211. The third-order valence-electron chi connectivity index (χ3n) is 22.1. The Labute approximate surface area is 849 Å². The van der Waals surface area contributed by atoms with Crippen molar-refractivity contribution in [2.75, 3.05) is 47.8 Å². The molecule has 0 spiro atoms. The predicted octanol–water partition coefficient (Wildman–Crippen LogP) is 14.3. The molecule has 12 aromatic rings. The summed E-state index contributed by atoms with van der Waals surface area (Å²) in [7, 11) is -11.9. The highest BCUT2D eigenvalue weighted by Gasteiger charge is 2.43. The fourth-order valence-electron chi connectivity index (χ4n) is 15.1. The summed E-state index contributed by atoms with van der Waals surface area (Å²) >= 11 is 0. The molecule has 48 heteroatoms. The number of rotatable bonds is 28. The summed E-state index contributed by atoms with van der Waals surface area (Å²) in [6.07, 6.45) is -0.257. The van der Waals surface area contributed by atoms with E-state index in [1.807, 2.05) is 21.6 Å². The third kappa shape index (κ3) is 28.7. The Bertz CT molecular complexity index is 7300. The highest BCUT2D eigenvalue weighted by Crippen LogP contribution is 2.47. The zero-order valence-electron chi connectivity index (χ0n) is 80.0. The maximum atomic E-state index is 14.1. The Balaban J connectivity index is 0.000000166. The first-order valence-electron chi connectivity index (χ1n) is 44.6. The number of aryl methyl sites for hydroxylation is 1. The number of alkyl halides is 4. The molecule has 4 heterocycles. The highest BCUT2D eigenvalue weighted by molar-refractivity contribution is 7.91. The average Bonchev–Trinajstić information content (AvgIpc) is 1.68. The summed E-state index contributed by atoms with van der Waals surface area (Å²) < 4.78 is 260. The number of halogens is 8. The van der Waals surface area contributed by atoms with Crippen LogP contribution in [0.5, 0.6) is 46.0 Å². The van der Waals surface area contributed by atoms with Gasteiger partial charge >= 0.3 is 48.3 Å². The number of nitrogens with one attached hydrogen (secondary N) is 8. The van der Waals surface area contributed by atoms with Gasteiger partial charge < -0.3 is 78.8 Å². The number of amides is 12. The van der Waals surface area contributed by atoms with Crippen LogP contribution in [0.15, 0.2) is 305 Å². The Morgan fingerprint density at radius 1 is 0.275 bits per heavy atom. The Kier molecular flexibility index (Phi) is 33.4. The molecule has 0 saturated heterocycles. The molecular weight excluding hydrogens is 2050 g/mol. The van der Waals surface area contributed by atoms with Crippen molar-refractivity contribution in [2.45, 2.75) is 128 Å². The molecule has 12 aromatic carbocycles. The van der Waals surface area contributed by atoms with E-state index in [-0.39, 0.29) is 86.3 Å². The van der Waals surface area contributed by atoms with Gasteiger partial charge in [0.1, 0.15) is 57.2 Å². The van der Waals surface area contributed by atoms with Crippen molar-refractivity contribution in [3.8, 4) is 46.0 Å². The fourth-order valence-corrected chi connectivity index (χ4v) is 19.2. The van der Waals surface area contributed by atoms with E-state index in [1.54, 1.807) is 132 Å². The number of carbonyl (C=O) groups excluding carboxylic acids is 8. The van der Waals surface area contributed by atoms with Crippen LogP contribution >= 0.6 is 0 Å². The molecule has 149 heavy (non-hydrogen) atoms. The zero-order valence-corrected chi connectivity index (χ0v) is 83.3. The minimum Gasteiger partial charge on any atom is -0.423 e. The second kappa shape index (κ2) is 45.5. The number of benzene rings is 12. The van der Waals surface area contributed by atoms with Crippen LogP contribution in [0, 0.1) is 30.2 Å². The molecule has 16 rings (SSSR count). The van der Waals surface area contributed by atoms with Crippen molar-refractivity contribution < 1.29 is 145 Å². The van der Waals surface area contributed by atoms with Crippen LogP contribution in [0.3, 0.4) is 0 Å². The Morgan fingerprint density at radius 2 is 0.503 bits per heavy atom. The highest BCUT2D eigenvalue weighted by atomic mass is 32.2. The second-order valence-corrected chi connectivity index (χ2v) is 40.4. The number of fused-ring (bicyclic) bond motifs is 4. The average molecular weight is 2140 g/mol. The first-order valence-corrected chi connectivity index (χ1v) is 50.6. The lowest BCUT2D eigenvalue weighted by atomic mass is 10.0. The molecule has 0 aromatic heterocycles. The monoisotopic (exact) mass is 2140 g/mol. The van der Waals surface area contributed by atoms with Crippen LogP contribution in [0.4, 0.5) is 77.1 Å². The molecule has 8 atom stereocenters. The molecule has 0 radical (unpaired) electrons. The number of likely N-dealkylation sites (N-methyl/N-ethyl adjacent to an activating group) is 4. The van der Waals surface area contributed by atoms with Gasteiger partial charge in [0, 0.05) is 135 Å². The molecule has 0 saturated carbocycles. The van der Waals surface area contributed by atoms with E-state index in [1.165, 1.54) is 158 Å². The first kappa shape index (κ1) is 109. The zero-order chi connectivity index (χ0) is 108. The number of carbonyl (C=O) groups is 8. The lowest BCUT2D eigenvalue weighted by Gasteiger charge is -2.25. The number of anilines is 4. The summed E-state index contributed by atoms with van der Waals surface area (Å²) in [5, 5.41) is 9.49. The van der Waals surface area contributed by atoms with E-state index >= 15 is 0 Å². The number of urea groups is 4. The second-order valence-electron chi connectivity index (χ2n) is 33.8. The van der Waals surface area contributed by atoms with E-state index in [2.05, 4.69) is 21.3 Å². The molecule has 0 fully saturated rings. The maximum Gasteiger partial charge on any atom is 0.404 e.